The quantitative estimate of drug-likeness (QED) is 0.633. The molecule has 150 valence electrons. The van der Waals surface area contributed by atoms with Crippen molar-refractivity contribution in [2.24, 2.45) is 0 Å². The Bertz CT molecular complexity index is 1020. The molecule has 1 amide bonds. The minimum atomic E-state index is -0.349. The number of amides is 1. The Morgan fingerprint density at radius 3 is 2.55 bits per heavy atom. The van der Waals surface area contributed by atoms with Crippen molar-refractivity contribution in [3.05, 3.63) is 71.2 Å². The number of hydrogen-bond acceptors (Lipinski definition) is 6. The maximum atomic E-state index is 12.7. The first-order chi connectivity index (χ1) is 14.0. The lowest BCUT2D eigenvalue weighted by Crippen LogP contribution is -2.16. The highest BCUT2D eigenvalue weighted by atomic mass is 16.5. The Hall–Kier alpha value is -3.61. The predicted molar refractivity (Wildman–Crippen MR) is 113 cm³/mol. The Labute approximate surface area is 170 Å². The summed E-state index contributed by atoms with van der Waals surface area (Å²) in [5.74, 6) is 1.89. The Morgan fingerprint density at radius 1 is 1.00 bits per heavy atom. The van der Waals surface area contributed by atoms with E-state index in [1.54, 1.807) is 38.3 Å². The van der Waals surface area contributed by atoms with Gasteiger partial charge in [-0.25, -0.2) is 9.97 Å². The van der Waals surface area contributed by atoms with Gasteiger partial charge in [0, 0.05) is 18.7 Å². The van der Waals surface area contributed by atoms with Crippen LogP contribution in [-0.2, 0) is 6.54 Å². The van der Waals surface area contributed by atoms with Gasteiger partial charge < -0.3 is 20.1 Å². The van der Waals surface area contributed by atoms with Crippen LogP contribution in [0.5, 0.6) is 11.5 Å². The molecule has 1 aromatic heterocycles. The topological polar surface area (TPSA) is 85.4 Å². The molecule has 0 aliphatic carbocycles. The van der Waals surface area contributed by atoms with Crippen LogP contribution in [0, 0.1) is 13.8 Å². The fourth-order valence-electron chi connectivity index (χ4n) is 2.88. The molecule has 0 bridgehead atoms. The zero-order chi connectivity index (χ0) is 20.8. The van der Waals surface area contributed by atoms with Gasteiger partial charge in [-0.05, 0) is 31.5 Å². The monoisotopic (exact) mass is 392 g/mol. The molecule has 0 saturated heterocycles. The molecule has 0 aliphatic rings. The Kier molecular flexibility index (Phi) is 6.29. The van der Waals surface area contributed by atoms with E-state index < -0.39 is 0 Å². The molecule has 2 N–H and O–H groups in total. The number of carbonyl (C=O) groups is 1. The number of methoxy groups -OCH3 is 2. The molecule has 0 spiro atoms. The summed E-state index contributed by atoms with van der Waals surface area (Å²) in [5, 5.41) is 6.08. The summed E-state index contributed by atoms with van der Waals surface area (Å²) >= 11 is 0. The van der Waals surface area contributed by atoms with E-state index in [4.69, 9.17) is 9.47 Å². The van der Waals surface area contributed by atoms with Crippen molar-refractivity contribution >= 4 is 17.4 Å². The molecule has 3 rings (SSSR count). The Balaban J connectivity index is 1.76. The van der Waals surface area contributed by atoms with E-state index in [0.717, 1.165) is 5.56 Å². The average molecular weight is 392 g/mol. The first-order valence-electron chi connectivity index (χ1n) is 9.17. The van der Waals surface area contributed by atoms with Crippen LogP contribution in [0.1, 0.15) is 27.4 Å². The molecule has 29 heavy (non-hydrogen) atoms. The number of anilines is 2. The van der Waals surface area contributed by atoms with Gasteiger partial charge in [-0.2, -0.15) is 0 Å². The minimum Gasteiger partial charge on any atom is -0.497 e. The zero-order valence-electron chi connectivity index (χ0n) is 16.9. The molecule has 7 heteroatoms. The van der Waals surface area contributed by atoms with Gasteiger partial charge in [0.05, 0.1) is 19.9 Å². The molecular weight excluding hydrogens is 368 g/mol. The van der Waals surface area contributed by atoms with Crippen LogP contribution in [0.15, 0.2) is 48.5 Å². The summed E-state index contributed by atoms with van der Waals surface area (Å²) in [4.78, 5) is 21.4. The number of hydrogen-bond donors (Lipinski definition) is 2. The summed E-state index contributed by atoms with van der Waals surface area (Å²) in [7, 11) is 3.11. The summed E-state index contributed by atoms with van der Waals surface area (Å²) in [6.07, 6.45) is 0. The second-order valence-electron chi connectivity index (χ2n) is 6.55. The number of nitrogens with one attached hydrogen (secondary N) is 2. The zero-order valence-corrected chi connectivity index (χ0v) is 16.9. The van der Waals surface area contributed by atoms with E-state index >= 15 is 0 Å². The molecule has 0 saturated carbocycles. The van der Waals surface area contributed by atoms with Crippen LogP contribution < -0.4 is 20.1 Å². The van der Waals surface area contributed by atoms with E-state index in [1.165, 1.54) is 12.7 Å². The van der Waals surface area contributed by atoms with Crippen molar-refractivity contribution in [3.63, 3.8) is 0 Å². The minimum absolute atomic E-state index is 0.266. The second-order valence-corrected chi connectivity index (χ2v) is 6.55. The van der Waals surface area contributed by atoms with E-state index in [9.17, 15) is 4.79 Å². The number of ether oxygens (including phenoxy) is 2. The van der Waals surface area contributed by atoms with Gasteiger partial charge in [-0.1, -0.05) is 29.8 Å². The van der Waals surface area contributed by atoms with Crippen LogP contribution in [0.25, 0.3) is 0 Å². The van der Waals surface area contributed by atoms with Crippen molar-refractivity contribution in [2.75, 3.05) is 24.9 Å². The van der Waals surface area contributed by atoms with Crippen molar-refractivity contribution in [3.8, 4) is 11.5 Å². The lowest BCUT2D eigenvalue weighted by molar-refractivity contribution is 0.102. The van der Waals surface area contributed by atoms with Gasteiger partial charge in [-0.15, -0.1) is 0 Å². The van der Waals surface area contributed by atoms with Crippen LogP contribution in [0.2, 0.25) is 0 Å². The molecule has 0 radical (unpaired) electrons. The summed E-state index contributed by atoms with van der Waals surface area (Å²) in [6.45, 7) is 4.41. The van der Waals surface area contributed by atoms with Crippen LogP contribution in [-0.4, -0.2) is 30.1 Å². The third kappa shape index (κ3) is 5.22. The van der Waals surface area contributed by atoms with Gasteiger partial charge in [-0.3, -0.25) is 4.79 Å². The first kappa shape index (κ1) is 20.1. The van der Waals surface area contributed by atoms with E-state index in [0.29, 0.717) is 35.4 Å². The van der Waals surface area contributed by atoms with Crippen LogP contribution in [0.4, 0.5) is 11.5 Å². The standard InChI is InChI=1S/C22H24N4O3/c1-14-6-5-7-16(10-14)13-23-21-12-19(24-15(2)25-21)22(27)26-18-9-8-17(28-3)11-20(18)29-4/h5-12H,13H2,1-4H3,(H,26,27)(H,23,24,25). The molecule has 0 atom stereocenters. The molecular formula is C22H24N4O3. The van der Waals surface area contributed by atoms with Gasteiger partial charge in [0.15, 0.2) is 0 Å². The fraction of sp³-hybridized carbons (Fsp3) is 0.227. The number of carbonyl (C=O) groups excluding carboxylic acids is 1. The lowest BCUT2D eigenvalue weighted by Gasteiger charge is -2.12. The lowest BCUT2D eigenvalue weighted by atomic mass is 10.1. The number of aryl methyl sites for hydroxylation is 2. The normalized spacial score (nSPS) is 10.3. The van der Waals surface area contributed by atoms with Gasteiger partial charge in [0.1, 0.15) is 28.8 Å². The highest BCUT2D eigenvalue weighted by Crippen LogP contribution is 2.29. The van der Waals surface area contributed by atoms with Crippen molar-refractivity contribution in [2.45, 2.75) is 20.4 Å². The maximum absolute atomic E-state index is 12.7. The predicted octanol–water partition coefficient (Wildman–Crippen LogP) is 3.98. The molecule has 0 fully saturated rings. The largest absolute Gasteiger partial charge is 0.497 e. The van der Waals surface area contributed by atoms with E-state index in [2.05, 4.69) is 26.7 Å². The smallest absolute Gasteiger partial charge is 0.274 e. The third-order valence-corrected chi connectivity index (χ3v) is 4.28. The van der Waals surface area contributed by atoms with E-state index in [1.807, 2.05) is 25.1 Å². The summed E-state index contributed by atoms with van der Waals surface area (Å²) in [5.41, 5.74) is 3.12. The van der Waals surface area contributed by atoms with E-state index in [-0.39, 0.29) is 11.6 Å². The highest BCUT2D eigenvalue weighted by Gasteiger charge is 2.14. The Morgan fingerprint density at radius 2 is 1.83 bits per heavy atom. The van der Waals surface area contributed by atoms with Crippen LogP contribution in [0.3, 0.4) is 0 Å². The van der Waals surface area contributed by atoms with Crippen molar-refractivity contribution < 1.29 is 14.3 Å². The summed E-state index contributed by atoms with van der Waals surface area (Å²) in [6, 6.07) is 15.0. The second kappa shape index (κ2) is 9.05. The number of nitrogens with zero attached hydrogens (tertiary/aromatic N) is 2. The molecule has 0 unspecified atom stereocenters. The molecule has 3 aromatic rings. The van der Waals surface area contributed by atoms with Crippen molar-refractivity contribution in [1.82, 2.24) is 9.97 Å². The van der Waals surface area contributed by atoms with Gasteiger partial charge in [0.2, 0.25) is 0 Å². The number of rotatable bonds is 7. The molecule has 7 nitrogen and oxygen atoms in total. The van der Waals surface area contributed by atoms with Gasteiger partial charge in [0.25, 0.3) is 5.91 Å². The number of aromatic nitrogens is 2. The number of benzene rings is 2. The molecule has 2 aromatic carbocycles. The maximum Gasteiger partial charge on any atom is 0.274 e. The summed E-state index contributed by atoms with van der Waals surface area (Å²) < 4.78 is 10.5. The first-order valence-corrected chi connectivity index (χ1v) is 9.17. The third-order valence-electron chi connectivity index (χ3n) is 4.28. The fourth-order valence-corrected chi connectivity index (χ4v) is 2.88. The molecule has 0 aliphatic heterocycles. The van der Waals surface area contributed by atoms with Gasteiger partial charge >= 0.3 is 0 Å². The van der Waals surface area contributed by atoms with Crippen LogP contribution >= 0.6 is 0 Å². The molecule has 1 heterocycles. The van der Waals surface area contributed by atoms with Crippen molar-refractivity contribution in [1.29, 1.82) is 0 Å². The SMILES string of the molecule is COc1ccc(NC(=O)c2cc(NCc3cccc(C)c3)nc(C)n2)c(OC)c1. The highest BCUT2D eigenvalue weighted by molar-refractivity contribution is 6.04. The average Bonchev–Trinajstić information content (AvgIpc) is 2.72.